The van der Waals surface area contributed by atoms with Crippen LogP contribution in [-0.2, 0) is 9.59 Å². The first-order valence-electron chi connectivity index (χ1n) is 10.3. The van der Waals surface area contributed by atoms with E-state index in [4.69, 9.17) is 9.47 Å². The summed E-state index contributed by atoms with van der Waals surface area (Å²) in [7, 11) is 0. The minimum atomic E-state index is -0.822. The van der Waals surface area contributed by atoms with Crippen LogP contribution in [-0.4, -0.2) is 28.6 Å². The van der Waals surface area contributed by atoms with Gasteiger partial charge >= 0.3 is 11.9 Å². The number of hydrogen-bond acceptors (Lipinski definition) is 6. The quantitative estimate of drug-likeness (QED) is 0.420. The molecule has 1 aromatic carbocycles. The Hall–Kier alpha value is -1.63. The molecule has 0 aliphatic heterocycles. The second kappa shape index (κ2) is 12.3. The Morgan fingerprint density at radius 3 is 1.83 bits per heavy atom. The van der Waals surface area contributed by atoms with Gasteiger partial charge in [-0.05, 0) is 57.2 Å². The van der Waals surface area contributed by atoms with E-state index in [-0.39, 0.29) is 60.2 Å². The van der Waals surface area contributed by atoms with Crippen molar-refractivity contribution < 1.29 is 24.2 Å². The second-order valence-electron chi connectivity index (χ2n) is 9.48. The highest BCUT2D eigenvalue weighted by molar-refractivity contribution is 5.85. The molecule has 2 unspecified atom stereocenters. The predicted octanol–water partition coefficient (Wildman–Crippen LogP) is 4.82. The van der Waals surface area contributed by atoms with Gasteiger partial charge in [0, 0.05) is 24.4 Å². The largest absolute Gasteiger partial charge is 0.423 e. The molecule has 1 aromatic rings. The second-order valence-corrected chi connectivity index (χ2v) is 9.48. The standard InChI is InChI=1S/C23H37NO5.ClH/c1-14(2)11-20(25)28-18-10-9-17(22(27)16(5)24-23(6,7)8)13-19(18)29-21(26)12-15(3)4;/h9-10,13-16,22,24,27H,11-12H2,1-8H3;1H. The Morgan fingerprint density at radius 2 is 1.40 bits per heavy atom. The summed E-state index contributed by atoms with van der Waals surface area (Å²) in [6.07, 6.45) is -0.318. The molecule has 0 aliphatic rings. The molecule has 0 saturated heterocycles. The first kappa shape index (κ1) is 28.4. The maximum Gasteiger partial charge on any atom is 0.311 e. The van der Waals surface area contributed by atoms with Crippen LogP contribution in [0.5, 0.6) is 11.5 Å². The van der Waals surface area contributed by atoms with E-state index in [0.717, 1.165) is 0 Å². The summed E-state index contributed by atoms with van der Waals surface area (Å²) in [5.74, 6) is -0.183. The summed E-state index contributed by atoms with van der Waals surface area (Å²) in [6.45, 7) is 15.6. The van der Waals surface area contributed by atoms with Crippen molar-refractivity contribution in [2.75, 3.05) is 0 Å². The Kier molecular flexibility index (Phi) is 11.6. The van der Waals surface area contributed by atoms with Gasteiger partial charge < -0.3 is 19.9 Å². The molecule has 0 bridgehead atoms. The number of halogens is 1. The zero-order valence-electron chi connectivity index (χ0n) is 19.4. The molecule has 0 aromatic heterocycles. The normalized spacial score (nSPS) is 13.6. The Labute approximate surface area is 187 Å². The average molecular weight is 444 g/mol. The van der Waals surface area contributed by atoms with E-state index in [1.165, 1.54) is 0 Å². The first-order chi connectivity index (χ1) is 13.3. The fourth-order valence-electron chi connectivity index (χ4n) is 2.92. The first-order valence-corrected chi connectivity index (χ1v) is 10.3. The SMILES string of the molecule is CC(C)CC(=O)Oc1ccc(C(O)C(C)NC(C)(C)C)cc1OC(=O)CC(C)C.Cl. The van der Waals surface area contributed by atoms with Gasteiger partial charge in [-0.25, -0.2) is 0 Å². The highest BCUT2D eigenvalue weighted by Gasteiger charge is 2.24. The van der Waals surface area contributed by atoms with Gasteiger partial charge in [-0.3, -0.25) is 9.59 Å². The summed E-state index contributed by atoms with van der Waals surface area (Å²) in [6, 6.07) is 4.59. The van der Waals surface area contributed by atoms with Crippen LogP contribution in [0.1, 0.15) is 79.9 Å². The van der Waals surface area contributed by atoms with Crippen LogP contribution in [0.3, 0.4) is 0 Å². The third kappa shape index (κ3) is 10.4. The number of esters is 2. The number of carbonyl (C=O) groups excluding carboxylic acids is 2. The average Bonchev–Trinajstić information content (AvgIpc) is 2.52. The molecule has 0 saturated carbocycles. The molecule has 6 nitrogen and oxygen atoms in total. The molecule has 2 N–H and O–H groups in total. The topological polar surface area (TPSA) is 84.9 Å². The van der Waals surface area contributed by atoms with E-state index < -0.39 is 18.0 Å². The van der Waals surface area contributed by atoms with E-state index in [1.54, 1.807) is 18.2 Å². The molecule has 2 atom stereocenters. The molecule has 0 fully saturated rings. The smallest absolute Gasteiger partial charge is 0.311 e. The fraction of sp³-hybridized carbons (Fsp3) is 0.652. The van der Waals surface area contributed by atoms with E-state index in [2.05, 4.69) is 5.32 Å². The van der Waals surface area contributed by atoms with Crippen LogP contribution < -0.4 is 14.8 Å². The lowest BCUT2D eigenvalue weighted by atomic mass is 9.99. The molecule has 1 rings (SSSR count). The van der Waals surface area contributed by atoms with Crippen molar-refractivity contribution in [1.82, 2.24) is 5.32 Å². The maximum absolute atomic E-state index is 12.2. The van der Waals surface area contributed by atoms with Gasteiger partial charge in [0.2, 0.25) is 0 Å². The van der Waals surface area contributed by atoms with Crippen molar-refractivity contribution in [3.63, 3.8) is 0 Å². The number of hydrogen-bond donors (Lipinski definition) is 2. The third-order valence-electron chi connectivity index (χ3n) is 4.04. The van der Waals surface area contributed by atoms with Gasteiger partial charge in [0.1, 0.15) is 0 Å². The minimum absolute atomic E-state index is 0. The summed E-state index contributed by atoms with van der Waals surface area (Å²) < 4.78 is 10.9. The van der Waals surface area contributed by atoms with Gasteiger partial charge in [0.05, 0.1) is 6.10 Å². The molecular weight excluding hydrogens is 406 g/mol. The third-order valence-corrected chi connectivity index (χ3v) is 4.04. The number of ether oxygens (including phenoxy) is 2. The zero-order chi connectivity index (χ0) is 22.4. The maximum atomic E-state index is 12.2. The Morgan fingerprint density at radius 1 is 0.933 bits per heavy atom. The van der Waals surface area contributed by atoms with E-state index in [1.807, 2.05) is 55.4 Å². The molecule has 0 spiro atoms. The summed E-state index contributed by atoms with van der Waals surface area (Å²) in [4.78, 5) is 24.3. The highest BCUT2D eigenvalue weighted by atomic mass is 35.5. The van der Waals surface area contributed by atoms with Crippen molar-refractivity contribution in [3.05, 3.63) is 23.8 Å². The summed E-state index contributed by atoms with van der Waals surface area (Å²) >= 11 is 0. The Balaban J connectivity index is 0.00000841. The number of aliphatic hydroxyl groups is 1. The van der Waals surface area contributed by atoms with Gasteiger partial charge in [-0.15, -0.1) is 12.4 Å². The van der Waals surface area contributed by atoms with Gasteiger partial charge in [-0.1, -0.05) is 33.8 Å². The van der Waals surface area contributed by atoms with Crippen LogP contribution in [0.25, 0.3) is 0 Å². The molecule has 0 radical (unpaired) electrons. The van der Waals surface area contributed by atoms with Crippen LogP contribution >= 0.6 is 12.4 Å². The fourth-order valence-corrected chi connectivity index (χ4v) is 2.92. The lowest BCUT2D eigenvalue weighted by molar-refractivity contribution is -0.138. The van der Waals surface area contributed by atoms with Gasteiger partial charge in [0.15, 0.2) is 11.5 Å². The van der Waals surface area contributed by atoms with Crippen molar-refractivity contribution in [1.29, 1.82) is 0 Å². The number of nitrogens with one attached hydrogen (secondary N) is 1. The van der Waals surface area contributed by atoms with E-state index in [0.29, 0.717) is 5.56 Å². The molecular formula is C23H38ClNO5. The van der Waals surface area contributed by atoms with E-state index >= 15 is 0 Å². The molecule has 172 valence electrons. The predicted molar refractivity (Wildman–Crippen MR) is 121 cm³/mol. The van der Waals surface area contributed by atoms with Crippen molar-refractivity contribution in [2.24, 2.45) is 11.8 Å². The Bertz CT molecular complexity index is 697. The summed E-state index contributed by atoms with van der Waals surface area (Å²) in [5.41, 5.74) is 0.407. The number of carbonyl (C=O) groups is 2. The zero-order valence-corrected chi connectivity index (χ0v) is 20.3. The molecule has 0 aliphatic carbocycles. The van der Waals surface area contributed by atoms with Crippen LogP contribution in [0.4, 0.5) is 0 Å². The number of aliphatic hydroxyl groups excluding tert-OH is 1. The monoisotopic (exact) mass is 443 g/mol. The van der Waals surface area contributed by atoms with Gasteiger partial charge in [-0.2, -0.15) is 0 Å². The lowest BCUT2D eigenvalue weighted by Gasteiger charge is -2.29. The molecule has 7 heteroatoms. The highest BCUT2D eigenvalue weighted by Crippen LogP contribution is 2.33. The number of rotatable bonds is 9. The van der Waals surface area contributed by atoms with Gasteiger partial charge in [0.25, 0.3) is 0 Å². The van der Waals surface area contributed by atoms with Crippen LogP contribution in [0.15, 0.2) is 18.2 Å². The molecule has 0 heterocycles. The van der Waals surface area contributed by atoms with E-state index in [9.17, 15) is 14.7 Å². The minimum Gasteiger partial charge on any atom is -0.423 e. The molecule has 0 amide bonds. The van der Waals surface area contributed by atoms with Crippen LogP contribution in [0, 0.1) is 11.8 Å². The lowest BCUT2D eigenvalue weighted by Crippen LogP contribution is -2.44. The van der Waals surface area contributed by atoms with Crippen molar-refractivity contribution in [2.45, 2.75) is 85.9 Å². The van der Waals surface area contributed by atoms with Crippen molar-refractivity contribution >= 4 is 24.3 Å². The summed E-state index contributed by atoms with van der Waals surface area (Å²) in [5, 5.41) is 14.1. The van der Waals surface area contributed by atoms with Crippen LogP contribution in [0.2, 0.25) is 0 Å². The molecule has 30 heavy (non-hydrogen) atoms. The number of benzene rings is 1. The van der Waals surface area contributed by atoms with Crippen molar-refractivity contribution in [3.8, 4) is 11.5 Å².